The van der Waals surface area contributed by atoms with Crippen molar-refractivity contribution < 1.29 is 9.53 Å². The Morgan fingerprint density at radius 3 is 3.00 bits per heavy atom. The van der Waals surface area contributed by atoms with Gasteiger partial charge in [0.25, 0.3) is 0 Å². The Bertz CT molecular complexity index is 392. The van der Waals surface area contributed by atoms with E-state index in [1.54, 1.807) is 0 Å². The summed E-state index contributed by atoms with van der Waals surface area (Å²) in [5.74, 6) is 0.336. The molecule has 0 N–H and O–H groups in total. The van der Waals surface area contributed by atoms with Gasteiger partial charge in [0.1, 0.15) is 4.88 Å². The molecule has 1 heterocycles. The summed E-state index contributed by atoms with van der Waals surface area (Å²) in [6.07, 6.45) is 7.66. The number of hydrogen-bond donors (Lipinski definition) is 0. The average Bonchev–Trinajstić information content (AvgIpc) is 2.74. The summed E-state index contributed by atoms with van der Waals surface area (Å²) in [7, 11) is 0. The molecule has 0 saturated carbocycles. The second kappa shape index (κ2) is 5.30. The summed E-state index contributed by atoms with van der Waals surface area (Å²) in [6.45, 7) is 2.55. The first-order valence-corrected chi connectivity index (χ1v) is 6.46. The van der Waals surface area contributed by atoms with Gasteiger partial charge in [0.2, 0.25) is 0 Å². The van der Waals surface area contributed by atoms with Crippen LogP contribution in [0, 0.1) is 12.8 Å². The smallest absolute Gasteiger partial charge is 0.348 e. The maximum Gasteiger partial charge on any atom is 0.348 e. The van der Waals surface area contributed by atoms with Crippen molar-refractivity contribution in [2.75, 3.05) is 6.61 Å². The van der Waals surface area contributed by atoms with Crippen molar-refractivity contribution in [2.45, 2.75) is 26.2 Å². The van der Waals surface area contributed by atoms with E-state index in [9.17, 15) is 4.79 Å². The summed E-state index contributed by atoms with van der Waals surface area (Å²) in [4.78, 5) is 13.5. The van der Waals surface area contributed by atoms with Gasteiger partial charge in [-0.05, 0) is 44.2 Å². The first kappa shape index (κ1) is 11.4. The normalized spacial score (nSPS) is 19.7. The molecule has 16 heavy (non-hydrogen) atoms. The molecule has 2 rings (SSSR count). The van der Waals surface area contributed by atoms with Gasteiger partial charge in [0, 0.05) is 4.88 Å². The second-order valence-corrected chi connectivity index (χ2v) is 5.45. The van der Waals surface area contributed by atoms with Crippen LogP contribution in [0.5, 0.6) is 0 Å². The molecular weight excluding hydrogens is 220 g/mol. The van der Waals surface area contributed by atoms with Crippen LogP contribution >= 0.6 is 11.3 Å². The number of ether oxygens (including phenoxy) is 1. The van der Waals surface area contributed by atoms with Crippen molar-refractivity contribution in [3.8, 4) is 0 Å². The third kappa shape index (κ3) is 2.95. The molecule has 0 aliphatic heterocycles. The van der Waals surface area contributed by atoms with Gasteiger partial charge in [-0.2, -0.15) is 0 Å². The van der Waals surface area contributed by atoms with E-state index in [-0.39, 0.29) is 5.97 Å². The van der Waals surface area contributed by atoms with Gasteiger partial charge in [0.15, 0.2) is 0 Å². The van der Waals surface area contributed by atoms with Crippen LogP contribution in [0.3, 0.4) is 0 Å². The summed E-state index contributed by atoms with van der Waals surface area (Å²) < 4.78 is 5.32. The van der Waals surface area contributed by atoms with Crippen LogP contribution in [0.1, 0.15) is 33.8 Å². The Balaban J connectivity index is 1.81. The van der Waals surface area contributed by atoms with E-state index in [1.165, 1.54) is 11.3 Å². The highest BCUT2D eigenvalue weighted by Gasteiger charge is 2.14. The molecule has 0 saturated heterocycles. The van der Waals surface area contributed by atoms with E-state index >= 15 is 0 Å². The molecule has 0 fully saturated rings. The minimum Gasteiger partial charge on any atom is -0.461 e. The second-order valence-electron chi connectivity index (χ2n) is 4.16. The van der Waals surface area contributed by atoms with Gasteiger partial charge in [-0.15, -0.1) is 11.3 Å². The zero-order valence-electron chi connectivity index (χ0n) is 9.44. The van der Waals surface area contributed by atoms with Crippen LogP contribution in [-0.2, 0) is 4.74 Å². The van der Waals surface area contributed by atoms with Crippen LogP contribution in [0.15, 0.2) is 24.3 Å². The highest BCUT2D eigenvalue weighted by molar-refractivity contribution is 7.13. The SMILES string of the molecule is Cc1ccc(C(=O)OCC2CC=CCC2)s1. The lowest BCUT2D eigenvalue weighted by Crippen LogP contribution is -2.14. The van der Waals surface area contributed by atoms with E-state index in [2.05, 4.69) is 12.2 Å². The lowest BCUT2D eigenvalue weighted by molar-refractivity contribution is 0.0438. The van der Waals surface area contributed by atoms with Gasteiger partial charge in [-0.3, -0.25) is 0 Å². The fraction of sp³-hybridized carbons (Fsp3) is 0.462. The minimum absolute atomic E-state index is 0.173. The molecule has 1 aromatic heterocycles. The van der Waals surface area contributed by atoms with Crippen LogP contribution < -0.4 is 0 Å². The highest BCUT2D eigenvalue weighted by atomic mass is 32.1. The number of esters is 1. The maximum absolute atomic E-state index is 11.7. The third-order valence-electron chi connectivity index (χ3n) is 2.77. The van der Waals surface area contributed by atoms with Crippen molar-refractivity contribution in [3.05, 3.63) is 34.0 Å². The van der Waals surface area contributed by atoms with Crippen LogP contribution in [-0.4, -0.2) is 12.6 Å². The first-order chi connectivity index (χ1) is 7.75. The van der Waals surface area contributed by atoms with Crippen molar-refractivity contribution in [1.29, 1.82) is 0 Å². The molecule has 0 spiro atoms. The molecular formula is C13H16O2S. The maximum atomic E-state index is 11.7. The molecule has 3 heteroatoms. The van der Waals surface area contributed by atoms with E-state index < -0.39 is 0 Å². The molecule has 2 nitrogen and oxygen atoms in total. The Labute approximate surface area is 99.9 Å². The number of allylic oxidation sites excluding steroid dienone is 2. The van der Waals surface area contributed by atoms with E-state index in [0.29, 0.717) is 17.4 Å². The van der Waals surface area contributed by atoms with E-state index in [4.69, 9.17) is 4.74 Å². The Morgan fingerprint density at radius 2 is 2.38 bits per heavy atom. The average molecular weight is 236 g/mol. The van der Waals surface area contributed by atoms with Gasteiger partial charge < -0.3 is 4.74 Å². The quantitative estimate of drug-likeness (QED) is 0.592. The minimum atomic E-state index is -0.173. The predicted molar refractivity (Wildman–Crippen MR) is 65.8 cm³/mol. The zero-order valence-corrected chi connectivity index (χ0v) is 10.3. The monoisotopic (exact) mass is 236 g/mol. The largest absolute Gasteiger partial charge is 0.461 e. The molecule has 1 aliphatic carbocycles. The van der Waals surface area contributed by atoms with Gasteiger partial charge in [-0.1, -0.05) is 12.2 Å². The fourth-order valence-electron chi connectivity index (χ4n) is 1.82. The number of rotatable bonds is 3. The topological polar surface area (TPSA) is 26.3 Å². The molecule has 1 atom stereocenters. The number of hydrogen-bond acceptors (Lipinski definition) is 3. The van der Waals surface area contributed by atoms with Gasteiger partial charge in [-0.25, -0.2) is 4.79 Å². The van der Waals surface area contributed by atoms with Crippen LogP contribution in [0.25, 0.3) is 0 Å². The molecule has 1 aromatic rings. The van der Waals surface area contributed by atoms with Crippen molar-refractivity contribution >= 4 is 17.3 Å². The number of carbonyl (C=O) groups excluding carboxylic acids is 1. The number of thiophene rings is 1. The molecule has 0 bridgehead atoms. The van der Waals surface area contributed by atoms with Crippen molar-refractivity contribution in [2.24, 2.45) is 5.92 Å². The molecule has 0 amide bonds. The van der Waals surface area contributed by atoms with Crippen LogP contribution in [0.4, 0.5) is 0 Å². The molecule has 0 radical (unpaired) electrons. The zero-order chi connectivity index (χ0) is 11.4. The fourth-order valence-corrected chi connectivity index (χ4v) is 2.58. The van der Waals surface area contributed by atoms with Crippen molar-refractivity contribution in [3.63, 3.8) is 0 Å². The lowest BCUT2D eigenvalue weighted by atomic mass is 9.95. The summed E-state index contributed by atoms with van der Waals surface area (Å²) >= 11 is 1.49. The highest BCUT2D eigenvalue weighted by Crippen LogP contribution is 2.20. The van der Waals surface area contributed by atoms with Crippen molar-refractivity contribution in [1.82, 2.24) is 0 Å². The Hall–Kier alpha value is -1.09. The lowest BCUT2D eigenvalue weighted by Gasteiger charge is -2.16. The standard InChI is InChI=1S/C13H16O2S/c1-10-7-8-12(16-10)13(14)15-9-11-5-3-2-4-6-11/h2-3,7-8,11H,4-6,9H2,1H3. The Morgan fingerprint density at radius 1 is 1.50 bits per heavy atom. The Kier molecular flexibility index (Phi) is 3.78. The summed E-state index contributed by atoms with van der Waals surface area (Å²) in [6, 6.07) is 3.79. The van der Waals surface area contributed by atoms with E-state index in [0.717, 1.165) is 24.1 Å². The predicted octanol–water partition coefficient (Wildman–Crippen LogP) is 3.57. The number of aryl methyl sites for hydroxylation is 1. The summed E-state index contributed by atoms with van der Waals surface area (Å²) in [5.41, 5.74) is 0. The first-order valence-electron chi connectivity index (χ1n) is 5.64. The summed E-state index contributed by atoms with van der Waals surface area (Å²) in [5, 5.41) is 0. The molecule has 1 unspecified atom stereocenters. The third-order valence-corrected chi connectivity index (χ3v) is 3.75. The van der Waals surface area contributed by atoms with E-state index in [1.807, 2.05) is 19.1 Å². The molecule has 1 aliphatic rings. The van der Waals surface area contributed by atoms with Gasteiger partial charge >= 0.3 is 5.97 Å². The molecule has 86 valence electrons. The molecule has 0 aromatic carbocycles. The van der Waals surface area contributed by atoms with Gasteiger partial charge in [0.05, 0.1) is 6.61 Å². The van der Waals surface area contributed by atoms with Crippen LogP contribution in [0.2, 0.25) is 0 Å². The number of carbonyl (C=O) groups is 1.